The predicted molar refractivity (Wildman–Crippen MR) is 104 cm³/mol. The minimum Gasteiger partial charge on any atom is -0.357 e. The Labute approximate surface area is 149 Å². The topological polar surface area (TPSA) is 43.4 Å². The number of nitrogens with one attached hydrogen (secondary N) is 2. The molecule has 5 heteroatoms. The number of aromatic amines is 1. The lowest BCUT2D eigenvalue weighted by Gasteiger charge is -2.23. The molecule has 2 aromatic rings. The van der Waals surface area contributed by atoms with E-state index in [2.05, 4.69) is 64.4 Å². The van der Waals surface area contributed by atoms with Crippen LogP contribution in [0.4, 0.5) is 0 Å². The number of aromatic nitrogens is 1. The molecule has 2 heterocycles. The molecule has 1 fully saturated rings. The minimum absolute atomic E-state index is 0. The molecule has 0 saturated carbocycles. The van der Waals surface area contributed by atoms with E-state index in [1.165, 1.54) is 23.0 Å². The molecule has 1 saturated heterocycles. The van der Waals surface area contributed by atoms with Crippen LogP contribution >= 0.6 is 24.0 Å². The number of halogens is 1. The van der Waals surface area contributed by atoms with Gasteiger partial charge in [0, 0.05) is 31.3 Å². The standard InChI is InChI=1S/C17H24N4.HI/c1-17(2)8-9-21(12-17)16(18-3)19-11-14-10-13-6-4-5-7-15(13)20-14;/h4-7,10,20H,8-9,11-12H2,1-3H3,(H,18,19);1H. The molecule has 0 unspecified atom stereocenters. The molecule has 1 aromatic heterocycles. The molecule has 0 bridgehead atoms. The van der Waals surface area contributed by atoms with Crippen LogP contribution < -0.4 is 5.32 Å². The summed E-state index contributed by atoms with van der Waals surface area (Å²) in [6.45, 7) is 7.56. The van der Waals surface area contributed by atoms with E-state index in [1.807, 2.05) is 7.05 Å². The van der Waals surface area contributed by atoms with Gasteiger partial charge in [-0.2, -0.15) is 0 Å². The number of likely N-dealkylation sites (tertiary alicyclic amines) is 1. The number of fused-ring (bicyclic) bond motifs is 1. The summed E-state index contributed by atoms with van der Waals surface area (Å²) in [6.07, 6.45) is 1.22. The smallest absolute Gasteiger partial charge is 0.193 e. The molecule has 3 rings (SSSR count). The average Bonchev–Trinajstić information content (AvgIpc) is 3.02. The summed E-state index contributed by atoms with van der Waals surface area (Å²) >= 11 is 0. The van der Waals surface area contributed by atoms with Crippen molar-refractivity contribution in [1.29, 1.82) is 0 Å². The first-order valence-corrected chi connectivity index (χ1v) is 7.60. The normalized spacial score (nSPS) is 17.6. The highest BCUT2D eigenvalue weighted by molar-refractivity contribution is 14.0. The third-order valence-electron chi connectivity index (χ3n) is 4.21. The summed E-state index contributed by atoms with van der Waals surface area (Å²) < 4.78 is 0. The first-order chi connectivity index (χ1) is 10.1. The zero-order chi connectivity index (χ0) is 14.9. The Morgan fingerprint density at radius 1 is 1.36 bits per heavy atom. The van der Waals surface area contributed by atoms with E-state index in [0.717, 1.165) is 25.6 Å². The van der Waals surface area contributed by atoms with E-state index >= 15 is 0 Å². The molecule has 22 heavy (non-hydrogen) atoms. The zero-order valence-electron chi connectivity index (χ0n) is 13.5. The fraction of sp³-hybridized carbons (Fsp3) is 0.471. The van der Waals surface area contributed by atoms with Gasteiger partial charge in [0.1, 0.15) is 0 Å². The third-order valence-corrected chi connectivity index (χ3v) is 4.21. The fourth-order valence-electron chi connectivity index (χ4n) is 3.03. The quantitative estimate of drug-likeness (QED) is 0.450. The second-order valence-electron chi connectivity index (χ2n) is 6.62. The second-order valence-corrected chi connectivity index (χ2v) is 6.62. The third kappa shape index (κ3) is 3.74. The van der Waals surface area contributed by atoms with Crippen molar-refractivity contribution in [2.24, 2.45) is 10.4 Å². The van der Waals surface area contributed by atoms with Crippen LogP contribution in [0.3, 0.4) is 0 Å². The van der Waals surface area contributed by atoms with E-state index in [9.17, 15) is 0 Å². The Morgan fingerprint density at radius 2 is 2.14 bits per heavy atom. The van der Waals surface area contributed by atoms with Crippen molar-refractivity contribution in [3.63, 3.8) is 0 Å². The van der Waals surface area contributed by atoms with Gasteiger partial charge in [-0.1, -0.05) is 32.0 Å². The molecular formula is C17H25IN4. The van der Waals surface area contributed by atoms with Gasteiger partial charge in [0.05, 0.1) is 6.54 Å². The number of nitrogens with zero attached hydrogens (tertiary/aromatic N) is 2. The Balaban J connectivity index is 0.00000176. The summed E-state index contributed by atoms with van der Waals surface area (Å²) in [4.78, 5) is 10.2. The van der Waals surface area contributed by atoms with Crippen LogP contribution in [0.5, 0.6) is 0 Å². The van der Waals surface area contributed by atoms with Crippen LogP contribution in [0.25, 0.3) is 10.9 Å². The first kappa shape index (κ1) is 17.1. The molecule has 4 nitrogen and oxygen atoms in total. The van der Waals surface area contributed by atoms with Crippen LogP contribution in [0.15, 0.2) is 35.3 Å². The van der Waals surface area contributed by atoms with Gasteiger partial charge in [-0.15, -0.1) is 24.0 Å². The van der Waals surface area contributed by atoms with E-state index in [4.69, 9.17) is 0 Å². The molecule has 0 spiro atoms. The van der Waals surface area contributed by atoms with E-state index in [1.54, 1.807) is 0 Å². The van der Waals surface area contributed by atoms with Gasteiger partial charge in [-0.05, 0) is 29.4 Å². The van der Waals surface area contributed by atoms with Gasteiger partial charge >= 0.3 is 0 Å². The molecule has 0 aliphatic carbocycles. The lowest BCUT2D eigenvalue weighted by molar-refractivity contribution is 0.370. The van der Waals surface area contributed by atoms with Crippen LogP contribution in [0.1, 0.15) is 26.0 Å². The highest BCUT2D eigenvalue weighted by Gasteiger charge is 2.30. The summed E-state index contributed by atoms with van der Waals surface area (Å²) in [5.74, 6) is 0.999. The Morgan fingerprint density at radius 3 is 2.77 bits per heavy atom. The lowest BCUT2D eigenvalue weighted by atomic mass is 9.93. The number of H-pyrrole nitrogens is 1. The van der Waals surface area contributed by atoms with Crippen molar-refractivity contribution in [2.45, 2.75) is 26.8 Å². The van der Waals surface area contributed by atoms with Crippen LogP contribution in [0, 0.1) is 5.41 Å². The summed E-state index contributed by atoms with van der Waals surface area (Å²) in [5, 5.41) is 4.73. The summed E-state index contributed by atoms with van der Waals surface area (Å²) in [6, 6.07) is 10.6. The van der Waals surface area contributed by atoms with Crippen LogP contribution in [-0.2, 0) is 6.54 Å². The number of hydrogen-bond donors (Lipinski definition) is 2. The fourth-order valence-corrected chi connectivity index (χ4v) is 3.03. The number of rotatable bonds is 2. The zero-order valence-corrected chi connectivity index (χ0v) is 15.8. The molecule has 0 atom stereocenters. The van der Waals surface area contributed by atoms with E-state index < -0.39 is 0 Å². The van der Waals surface area contributed by atoms with Crippen molar-refractivity contribution in [1.82, 2.24) is 15.2 Å². The van der Waals surface area contributed by atoms with Crippen LogP contribution in [-0.4, -0.2) is 36.0 Å². The molecular weight excluding hydrogens is 387 g/mol. The van der Waals surface area contributed by atoms with Gasteiger partial charge in [0.25, 0.3) is 0 Å². The van der Waals surface area contributed by atoms with Gasteiger partial charge in [-0.25, -0.2) is 0 Å². The molecule has 1 aliphatic heterocycles. The lowest BCUT2D eigenvalue weighted by Crippen LogP contribution is -2.40. The van der Waals surface area contributed by atoms with Crippen molar-refractivity contribution in [3.8, 4) is 0 Å². The van der Waals surface area contributed by atoms with Crippen molar-refractivity contribution in [3.05, 3.63) is 36.0 Å². The number of guanidine groups is 1. The Bertz CT molecular complexity index is 626. The molecule has 120 valence electrons. The number of para-hydroxylation sites is 1. The second kappa shape index (κ2) is 6.89. The molecule has 0 amide bonds. The molecule has 1 aromatic carbocycles. The highest BCUT2D eigenvalue weighted by Crippen LogP contribution is 2.28. The largest absolute Gasteiger partial charge is 0.357 e. The highest BCUT2D eigenvalue weighted by atomic mass is 127. The monoisotopic (exact) mass is 412 g/mol. The summed E-state index contributed by atoms with van der Waals surface area (Å²) in [5.41, 5.74) is 2.76. The van der Waals surface area contributed by atoms with Crippen LogP contribution in [0.2, 0.25) is 0 Å². The number of benzene rings is 1. The Kier molecular flexibility index (Phi) is 5.36. The van der Waals surface area contributed by atoms with E-state index in [0.29, 0.717) is 5.41 Å². The van der Waals surface area contributed by atoms with E-state index in [-0.39, 0.29) is 24.0 Å². The minimum atomic E-state index is 0. The molecule has 0 radical (unpaired) electrons. The molecule has 2 N–H and O–H groups in total. The molecule has 1 aliphatic rings. The van der Waals surface area contributed by atoms with Gasteiger partial charge in [0.15, 0.2) is 5.96 Å². The first-order valence-electron chi connectivity index (χ1n) is 7.60. The Hall–Kier alpha value is -1.24. The summed E-state index contributed by atoms with van der Waals surface area (Å²) in [7, 11) is 1.86. The maximum absolute atomic E-state index is 4.42. The average molecular weight is 412 g/mol. The number of hydrogen-bond acceptors (Lipinski definition) is 1. The van der Waals surface area contributed by atoms with Crippen molar-refractivity contribution in [2.75, 3.05) is 20.1 Å². The van der Waals surface area contributed by atoms with Gasteiger partial charge in [-0.3, -0.25) is 4.99 Å². The maximum Gasteiger partial charge on any atom is 0.193 e. The van der Waals surface area contributed by atoms with Crippen molar-refractivity contribution < 1.29 is 0 Å². The maximum atomic E-state index is 4.42. The SMILES string of the molecule is CN=C(NCc1cc2ccccc2[nH]1)N1CCC(C)(C)C1.I. The van der Waals surface area contributed by atoms with Gasteiger partial charge < -0.3 is 15.2 Å². The van der Waals surface area contributed by atoms with Crippen molar-refractivity contribution >= 4 is 40.8 Å². The number of aliphatic imine (C=N–C) groups is 1. The predicted octanol–water partition coefficient (Wildman–Crippen LogP) is 3.59. The van der Waals surface area contributed by atoms with Gasteiger partial charge in [0.2, 0.25) is 0 Å².